The molecule has 0 saturated carbocycles. The molecule has 6 nitrogen and oxygen atoms in total. The van der Waals surface area contributed by atoms with Crippen LogP contribution in [0, 0.1) is 13.8 Å². The fourth-order valence-corrected chi connectivity index (χ4v) is 1.50. The number of nitrogen functional groups attached to an aromatic ring is 1. The van der Waals surface area contributed by atoms with Crippen LogP contribution in [0.2, 0.25) is 0 Å². The minimum Gasteiger partial charge on any atom is -0.368 e. The normalized spacial score (nSPS) is 10.1. The molecule has 6 heteroatoms. The van der Waals surface area contributed by atoms with Crippen molar-refractivity contribution < 1.29 is 4.79 Å². The van der Waals surface area contributed by atoms with Gasteiger partial charge in [0.25, 0.3) is 5.91 Å². The van der Waals surface area contributed by atoms with Gasteiger partial charge in [-0.1, -0.05) is 6.07 Å². The van der Waals surface area contributed by atoms with Crippen molar-refractivity contribution in [3.05, 3.63) is 41.3 Å². The third-order valence-electron chi connectivity index (χ3n) is 2.35. The van der Waals surface area contributed by atoms with Crippen molar-refractivity contribution in [1.82, 2.24) is 15.0 Å². The molecule has 2 aromatic heterocycles. The van der Waals surface area contributed by atoms with E-state index < -0.39 is 0 Å². The van der Waals surface area contributed by atoms with Crippen LogP contribution < -0.4 is 11.1 Å². The van der Waals surface area contributed by atoms with Crippen molar-refractivity contribution in [1.29, 1.82) is 0 Å². The number of carbonyl (C=O) groups excluding carboxylic acids is 1. The zero-order chi connectivity index (χ0) is 13.1. The molecule has 3 N–H and O–H groups in total. The summed E-state index contributed by atoms with van der Waals surface area (Å²) in [6.45, 7) is 3.61. The second-order valence-electron chi connectivity index (χ2n) is 3.88. The first kappa shape index (κ1) is 12.0. The molecule has 0 aliphatic carbocycles. The summed E-state index contributed by atoms with van der Waals surface area (Å²) in [7, 11) is 0. The van der Waals surface area contributed by atoms with Gasteiger partial charge < -0.3 is 11.1 Å². The Morgan fingerprint density at radius 1 is 1.33 bits per heavy atom. The monoisotopic (exact) mass is 243 g/mol. The SMILES string of the molecule is Cc1cc(C(=O)Nc2ncccc2C)nc(N)n1. The number of pyridine rings is 1. The first-order valence-corrected chi connectivity index (χ1v) is 5.40. The fraction of sp³-hybridized carbons (Fsp3) is 0.167. The Labute approximate surface area is 104 Å². The van der Waals surface area contributed by atoms with Crippen molar-refractivity contribution in [3.8, 4) is 0 Å². The van der Waals surface area contributed by atoms with E-state index >= 15 is 0 Å². The summed E-state index contributed by atoms with van der Waals surface area (Å²) in [5.74, 6) is 0.240. The van der Waals surface area contributed by atoms with Crippen LogP contribution in [-0.2, 0) is 0 Å². The van der Waals surface area contributed by atoms with Gasteiger partial charge >= 0.3 is 0 Å². The average molecular weight is 243 g/mol. The van der Waals surface area contributed by atoms with Crippen LogP contribution in [0.3, 0.4) is 0 Å². The smallest absolute Gasteiger partial charge is 0.275 e. The summed E-state index contributed by atoms with van der Waals surface area (Å²) in [5, 5.41) is 2.69. The summed E-state index contributed by atoms with van der Waals surface area (Å²) in [5.41, 5.74) is 7.25. The lowest BCUT2D eigenvalue weighted by molar-refractivity contribution is 0.102. The van der Waals surface area contributed by atoms with Gasteiger partial charge in [0, 0.05) is 11.9 Å². The van der Waals surface area contributed by atoms with Gasteiger partial charge in [-0.25, -0.2) is 15.0 Å². The Morgan fingerprint density at radius 3 is 2.78 bits per heavy atom. The predicted molar refractivity (Wildman–Crippen MR) is 68.1 cm³/mol. The molecule has 0 saturated heterocycles. The Balaban J connectivity index is 2.25. The van der Waals surface area contributed by atoms with Gasteiger partial charge in [-0.05, 0) is 31.5 Å². The molecule has 0 fully saturated rings. The highest BCUT2D eigenvalue weighted by atomic mass is 16.1. The third-order valence-corrected chi connectivity index (χ3v) is 2.35. The lowest BCUT2D eigenvalue weighted by Gasteiger charge is -2.07. The molecule has 0 aliphatic heterocycles. The van der Waals surface area contributed by atoms with Gasteiger partial charge in [0.1, 0.15) is 11.5 Å². The predicted octanol–water partition coefficient (Wildman–Crippen LogP) is 1.32. The number of carbonyl (C=O) groups is 1. The fourth-order valence-electron chi connectivity index (χ4n) is 1.50. The highest BCUT2D eigenvalue weighted by Gasteiger charge is 2.11. The molecular formula is C12H13N5O. The number of aromatic nitrogens is 3. The summed E-state index contributed by atoms with van der Waals surface area (Å²) in [6.07, 6.45) is 1.61. The van der Waals surface area contributed by atoms with Crippen LogP contribution >= 0.6 is 0 Å². The lowest BCUT2D eigenvalue weighted by atomic mass is 10.2. The van der Waals surface area contributed by atoms with E-state index in [1.54, 1.807) is 25.3 Å². The molecule has 0 radical (unpaired) electrons. The Kier molecular flexibility index (Phi) is 3.18. The molecule has 1 amide bonds. The van der Waals surface area contributed by atoms with Crippen LogP contribution in [0.4, 0.5) is 11.8 Å². The standard InChI is InChI=1S/C12H13N5O/c1-7-4-3-5-14-10(7)17-11(18)9-6-8(2)15-12(13)16-9/h3-6H,1-2H3,(H2,13,15,16)(H,14,17,18). The van der Waals surface area contributed by atoms with Crippen LogP contribution in [0.25, 0.3) is 0 Å². The van der Waals surface area contributed by atoms with E-state index in [2.05, 4.69) is 20.3 Å². The molecule has 18 heavy (non-hydrogen) atoms. The van der Waals surface area contributed by atoms with E-state index in [1.165, 1.54) is 0 Å². The molecule has 0 aliphatic rings. The minimum atomic E-state index is -0.353. The van der Waals surface area contributed by atoms with E-state index in [0.717, 1.165) is 5.56 Å². The van der Waals surface area contributed by atoms with Crippen LogP contribution in [-0.4, -0.2) is 20.9 Å². The van der Waals surface area contributed by atoms with Gasteiger partial charge in [-0.2, -0.15) is 0 Å². The molecule has 2 aromatic rings. The topological polar surface area (TPSA) is 93.8 Å². The van der Waals surface area contributed by atoms with Crippen molar-refractivity contribution in [2.75, 3.05) is 11.1 Å². The quantitative estimate of drug-likeness (QED) is 0.829. The van der Waals surface area contributed by atoms with Crippen molar-refractivity contribution in [2.45, 2.75) is 13.8 Å². The lowest BCUT2D eigenvalue weighted by Crippen LogP contribution is -2.17. The van der Waals surface area contributed by atoms with E-state index in [0.29, 0.717) is 11.5 Å². The number of hydrogen-bond donors (Lipinski definition) is 2. The second-order valence-corrected chi connectivity index (χ2v) is 3.88. The highest BCUT2D eigenvalue weighted by molar-refractivity contribution is 6.02. The number of nitrogens with two attached hydrogens (primary N) is 1. The third kappa shape index (κ3) is 2.60. The summed E-state index contributed by atoms with van der Waals surface area (Å²) in [4.78, 5) is 23.9. The minimum absolute atomic E-state index is 0.0814. The maximum Gasteiger partial charge on any atom is 0.275 e. The van der Waals surface area contributed by atoms with Gasteiger partial charge in [0.05, 0.1) is 0 Å². The summed E-state index contributed by atoms with van der Waals surface area (Å²) >= 11 is 0. The van der Waals surface area contributed by atoms with Crippen LogP contribution in [0.15, 0.2) is 24.4 Å². The zero-order valence-corrected chi connectivity index (χ0v) is 10.1. The number of hydrogen-bond acceptors (Lipinski definition) is 5. The average Bonchev–Trinajstić information content (AvgIpc) is 2.31. The van der Waals surface area contributed by atoms with Crippen LogP contribution in [0.5, 0.6) is 0 Å². The molecule has 2 rings (SSSR count). The Hall–Kier alpha value is -2.50. The number of nitrogens with zero attached hydrogens (tertiary/aromatic N) is 3. The van der Waals surface area contributed by atoms with Crippen LogP contribution in [0.1, 0.15) is 21.7 Å². The Morgan fingerprint density at radius 2 is 2.11 bits per heavy atom. The zero-order valence-electron chi connectivity index (χ0n) is 10.1. The molecule has 2 heterocycles. The van der Waals surface area contributed by atoms with Gasteiger partial charge in [0.15, 0.2) is 0 Å². The van der Waals surface area contributed by atoms with Gasteiger partial charge in [-0.15, -0.1) is 0 Å². The second kappa shape index (κ2) is 4.79. The molecule has 0 atom stereocenters. The molecular weight excluding hydrogens is 230 g/mol. The maximum absolute atomic E-state index is 12.0. The number of rotatable bonds is 2. The molecule has 0 spiro atoms. The first-order valence-electron chi connectivity index (χ1n) is 5.40. The largest absolute Gasteiger partial charge is 0.368 e. The van der Waals surface area contributed by atoms with E-state index in [-0.39, 0.29) is 17.5 Å². The first-order chi connectivity index (χ1) is 8.56. The molecule has 0 aromatic carbocycles. The molecule has 92 valence electrons. The maximum atomic E-state index is 12.0. The molecule has 0 bridgehead atoms. The van der Waals surface area contributed by atoms with Crippen molar-refractivity contribution >= 4 is 17.7 Å². The number of amides is 1. The van der Waals surface area contributed by atoms with E-state index in [4.69, 9.17) is 5.73 Å². The molecule has 0 unspecified atom stereocenters. The van der Waals surface area contributed by atoms with E-state index in [1.807, 2.05) is 13.0 Å². The number of nitrogens with one attached hydrogen (secondary N) is 1. The van der Waals surface area contributed by atoms with E-state index in [9.17, 15) is 4.79 Å². The number of aryl methyl sites for hydroxylation is 2. The van der Waals surface area contributed by atoms with Crippen molar-refractivity contribution in [2.24, 2.45) is 0 Å². The Bertz CT molecular complexity index is 577. The van der Waals surface area contributed by atoms with Crippen molar-refractivity contribution in [3.63, 3.8) is 0 Å². The summed E-state index contributed by atoms with van der Waals surface area (Å²) in [6, 6.07) is 5.24. The number of anilines is 2. The summed E-state index contributed by atoms with van der Waals surface area (Å²) < 4.78 is 0. The highest BCUT2D eigenvalue weighted by Crippen LogP contribution is 2.11. The van der Waals surface area contributed by atoms with Gasteiger partial charge in [0.2, 0.25) is 5.95 Å². The van der Waals surface area contributed by atoms with Gasteiger partial charge in [-0.3, -0.25) is 4.79 Å².